The van der Waals surface area contributed by atoms with Crippen LogP contribution >= 0.6 is 11.6 Å². The predicted molar refractivity (Wildman–Crippen MR) is 87.3 cm³/mol. The van der Waals surface area contributed by atoms with E-state index in [1.165, 1.54) is 22.3 Å². The van der Waals surface area contributed by atoms with Crippen molar-refractivity contribution in [3.05, 3.63) is 70.8 Å². The molecule has 0 aliphatic rings. The van der Waals surface area contributed by atoms with Crippen molar-refractivity contribution < 1.29 is 0 Å². The molecule has 0 saturated heterocycles. The first kappa shape index (κ1) is 15.1. The van der Waals surface area contributed by atoms with Gasteiger partial charge in [0.05, 0.1) is 5.54 Å². The summed E-state index contributed by atoms with van der Waals surface area (Å²) >= 11 is 6.21. The first-order valence-corrected chi connectivity index (χ1v) is 7.51. The second-order valence-electron chi connectivity index (χ2n) is 5.68. The number of benzene rings is 2. The smallest absolute Gasteiger partial charge is 0.0545 e. The van der Waals surface area contributed by atoms with Gasteiger partial charge in [0.1, 0.15) is 0 Å². The van der Waals surface area contributed by atoms with Gasteiger partial charge in [-0.2, -0.15) is 0 Å². The summed E-state index contributed by atoms with van der Waals surface area (Å²) in [6.45, 7) is 7.24. The van der Waals surface area contributed by atoms with Crippen LogP contribution in [0.4, 0.5) is 0 Å². The summed E-state index contributed by atoms with van der Waals surface area (Å²) in [5.41, 5.74) is 4.91. The van der Waals surface area contributed by atoms with Crippen LogP contribution in [0.15, 0.2) is 48.5 Å². The van der Waals surface area contributed by atoms with E-state index in [2.05, 4.69) is 68.6 Å². The molecule has 0 aliphatic carbocycles. The summed E-state index contributed by atoms with van der Waals surface area (Å²) < 4.78 is 0. The summed E-state index contributed by atoms with van der Waals surface area (Å²) in [6, 6.07) is 17.0. The van der Waals surface area contributed by atoms with Crippen LogP contribution in [0.5, 0.6) is 0 Å². The molecule has 1 unspecified atom stereocenters. The molecule has 0 fully saturated rings. The zero-order chi connectivity index (χ0) is 14.6. The van der Waals surface area contributed by atoms with Gasteiger partial charge in [-0.3, -0.25) is 0 Å². The lowest BCUT2D eigenvalue weighted by atomic mass is 9.93. The van der Waals surface area contributed by atoms with Gasteiger partial charge in [-0.15, -0.1) is 11.6 Å². The number of halogens is 1. The Morgan fingerprint density at radius 1 is 1.00 bits per heavy atom. The van der Waals surface area contributed by atoms with Gasteiger partial charge in [0.25, 0.3) is 0 Å². The van der Waals surface area contributed by atoms with Crippen LogP contribution in [0, 0.1) is 13.8 Å². The molecule has 0 bridgehead atoms. The lowest BCUT2D eigenvalue weighted by Gasteiger charge is -2.29. The zero-order valence-electron chi connectivity index (χ0n) is 12.4. The number of alkyl halides is 1. The lowest BCUT2D eigenvalue weighted by molar-refractivity contribution is 0.406. The molecule has 0 heterocycles. The number of hydrogen-bond acceptors (Lipinski definition) is 1. The van der Waals surface area contributed by atoms with Crippen molar-refractivity contribution in [2.24, 2.45) is 0 Å². The third-order valence-electron chi connectivity index (χ3n) is 3.64. The van der Waals surface area contributed by atoms with Crippen molar-refractivity contribution in [3.8, 4) is 0 Å². The molecule has 2 rings (SSSR count). The fourth-order valence-electron chi connectivity index (χ4n) is 2.50. The van der Waals surface area contributed by atoms with E-state index >= 15 is 0 Å². The van der Waals surface area contributed by atoms with Gasteiger partial charge in [0.15, 0.2) is 0 Å². The number of aryl methyl sites for hydroxylation is 2. The minimum Gasteiger partial charge on any atom is -0.303 e. The molecular weight excluding hydrogens is 266 g/mol. The first-order valence-electron chi connectivity index (χ1n) is 6.97. The molecule has 2 aromatic carbocycles. The molecular formula is C18H22ClN. The van der Waals surface area contributed by atoms with Crippen LogP contribution in [0.2, 0.25) is 0 Å². The highest BCUT2D eigenvalue weighted by Gasteiger charge is 2.24. The van der Waals surface area contributed by atoms with Crippen LogP contribution in [0.3, 0.4) is 0 Å². The van der Waals surface area contributed by atoms with Crippen LogP contribution in [0.1, 0.15) is 29.2 Å². The van der Waals surface area contributed by atoms with E-state index in [4.69, 9.17) is 11.6 Å². The fourth-order valence-corrected chi connectivity index (χ4v) is 2.75. The molecule has 0 aromatic heterocycles. The number of hydrogen-bond donors (Lipinski definition) is 1. The molecule has 0 radical (unpaired) electrons. The molecule has 1 nitrogen and oxygen atoms in total. The molecule has 2 heteroatoms. The Labute approximate surface area is 127 Å². The third kappa shape index (κ3) is 3.62. The standard InChI is InChI=1S/C18H22ClN/c1-14-9-15(2)11-16(10-14)12-20-18(3,13-19)17-7-5-4-6-8-17/h4-11,20H,12-13H2,1-3H3. The van der Waals surface area contributed by atoms with Gasteiger partial charge >= 0.3 is 0 Å². The maximum absolute atomic E-state index is 6.21. The van der Waals surface area contributed by atoms with Crippen molar-refractivity contribution in [1.82, 2.24) is 5.32 Å². The second-order valence-corrected chi connectivity index (χ2v) is 5.95. The van der Waals surface area contributed by atoms with Crippen LogP contribution < -0.4 is 5.32 Å². The molecule has 0 aliphatic heterocycles. The van der Waals surface area contributed by atoms with E-state index in [9.17, 15) is 0 Å². The van der Waals surface area contributed by atoms with Gasteiger partial charge < -0.3 is 5.32 Å². The van der Waals surface area contributed by atoms with E-state index < -0.39 is 0 Å². The Hall–Kier alpha value is -1.31. The van der Waals surface area contributed by atoms with Crippen molar-refractivity contribution in [3.63, 3.8) is 0 Å². The van der Waals surface area contributed by atoms with Crippen LogP contribution in [-0.2, 0) is 12.1 Å². The van der Waals surface area contributed by atoms with E-state index in [1.54, 1.807) is 0 Å². The first-order chi connectivity index (χ1) is 9.53. The van der Waals surface area contributed by atoms with Crippen molar-refractivity contribution in [1.29, 1.82) is 0 Å². The SMILES string of the molecule is Cc1cc(C)cc(CNC(C)(CCl)c2ccccc2)c1. The molecule has 1 N–H and O–H groups in total. The number of rotatable bonds is 5. The van der Waals surface area contributed by atoms with Crippen molar-refractivity contribution in [2.45, 2.75) is 32.9 Å². The lowest BCUT2D eigenvalue weighted by Crippen LogP contribution is -2.40. The Morgan fingerprint density at radius 2 is 1.60 bits per heavy atom. The van der Waals surface area contributed by atoms with Crippen LogP contribution in [-0.4, -0.2) is 5.88 Å². The molecule has 0 amide bonds. The average molecular weight is 288 g/mol. The summed E-state index contributed by atoms with van der Waals surface area (Å²) in [5, 5.41) is 3.60. The molecule has 20 heavy (non-hydrogen) atoms. The van der Waals surface area contributed by atoms with Crippen molar-refractivity contribution in [2.75, 3.05) is 5.88 Å². The Morgan fingerprint density at radius 3 is 2.15 bits per heavy atom. The normalized spacial score (nSPS) is 14.0. The Balaban J connectivity index is 2.15. The number of nitrogens with one attached hydrogen (secondary N) is 1. The van der Waals surface area contributed by atoms with Gasteiger partial charge in [-0.1, -0.05) is 59.7 Å². The molecule has 106 valence electrons. The molecule has 1 atom stereocenters. The fraction of sp³-hybridized carbons (Fsp3) is 0.333. The third-order valence-corrected chi connectivity index (χ3v) is 4.18. The van der Waals surface area contributed by atoms with E-state index in [0.29, 0.717) is 5.88 Å². The average Bonchev–Trinajstić information content (AvgIpc) is 2.45. The van der Waals surface area contributed by atoms with E-state index in [1.807, 2.05) is 6.07 Å². The summed E-state index contributed by atoms with van der Waals surface area (Å²) in [6.07, 6.45) is 0. The largest absolute Gasteiger partial charge is 0.303 e. The van der Waals surface area contributed by atoms with Gasteiger partial charge in [0, 0.05) is 12.4 Å². The van der Waals surface area contributed by atoms with E-state index in [0.717, 1.165) is 6.54 Å². The quantitative estimate of drug-likeness (QED) is 0.796. The topological polar surface area (TPSA) is 12.0 Å². The maximum atomic E-state index is 6.21. The van der Waals surface area contributed by atoms with Crippen LogP contribution in [0.25, 0.3) is 0 Å². The maximum Gasteiger partial charge on any atom is 0.0545 e. The van der Waals surface area contributed by atoms with Crippen molar-refractivity contribution >= 4 is 11.6 Å². The van der Waals surface area contributed by atoms with Gasteiger partial charge in [-0.25, -0.2) is 0 Å². The second kappa shape index (κ2) is 6.43. The van der Waals surface area contributed by atoms with Gasteiger partial charge in [0.2, 0.25) is 0 Å². The highest BCUT2D eigenvalue weighted by Crippen LogP contribution is 2.23. The van der Waals surface area contributed by atoms with Gasteiger partial charge in [-0.05, 0) is 31.9 Å². The highest BCUT2D eigenvalue weighted by molar-refractivity contribution is 6.18. The summed E-state index contributed by atoms with van der Waals surface area (Å²) in [4.78, 5) is 0. The monoisotopic (exact) mass is 287 g/mol. The summed E-state index contributed by atoms with van der Waals surface area (Å²) in [5.74, 6) is 0.543. The Kier molecular flexibility index (Phi) is 4.85. The molecule has 2 aromatic rings. The Bertz CT molecular complexity index is 545. The zero-order valence-corrected chi connectivity index (χ0v) is 13.2. The molecule has 0 spiro atoms. The highest BCUT2D eigenvalue weighted by atomic mass is 35.5. The predicted octanol–water partition coefficient (Wildman–Crippen LogP) is 4.55. The molecule has 0 saturated carbocycles. The van der Waals surface area contributed by atoms with E-state index in [-0.39, 0.29) is 5.54 Å². The minimum absolute atomic E-state index is 0.208. The summed E-state index contributed by atoms with van der Waals surface area (Å²) in [7, 11) is 0. The minimum atomic E-state index is -0.208.